The maximum Gasteiger partial charge on any atom is 0.242 e. The molecule has 0 aliphatic heterocycles. The number of nitrogen functional groups attached to an aromatic ring is 1. The molecule has 1 aliphatic rings. The summed E-state index contributed by atoms with van der Waals surface area (Å²) in [5.41, 5.74) is 4.01. The molecule has 0 unspecified atom stereocenters. The number of halogens is 1. The van der Waals surface area contributed by atoms with E-state index in [4.69, 9.17) is 5.73 Å². The van der Waals surface area contributed by atoms with E-state index in [0.717, 1.165) is 12.5 Å². The molecule has 7 heteroatoms. The van der Waals surface area contributed by atoms with Gasteiger partial charge < -0.3 is 10.8 Å². The maximum absolute atomic E-state index is 13.2. The molecule has 1 fully saturated rings. The van der Waals surface area contributed by atoms with E-state index in [9.17, 15) is 17.9 Å². The van der Waals surface area contributed by atoms with Crippen LogP contribution in [0.1, 0.15) is 19.3 Å². The monoisotopic (exact) mass is 274 g/mol. The quantitative estimate of drug-likeness (QED) is 0.701. The molecule has 0 aromatic heterocycles. The Labute approximate surface area is 105 Å². The van der Waals surface area contributed by atoms with Gasteiger partial charge in [-0.3, -0.25) is 0 Å². The third-order valence-corrected chi connectivity index (χ3v) is 4.64. The molecule has 1 saturated carbocycles. The molecule has 5 nitrogen and oxygen atoms in total. The lowest BCUT2D eigenvalue weighted by Crippen LogP contribution is -2.47. The van der Waals surface area contributed by atoms with Crippen LogP contribution in [0.25, 0.3) is 0 Å². The Kier molecular flexibility index (Phi) is 3.31. The van der Waals surface area contributed by atoms with Crippen molar-refractivity contribution in [3.8, 4) is 0 Å². The third kappa shape index (κ3) is 2.47. The van der Waals surface area contributed by atoms with Crippen LogP contribution >= 0.6 is 0 Å². The number of anilines is 1. The van der Waals surface area contributed by atoms with E-state index in [1.54, 1.807) is 0 Å². The van der Waals surface area contributed by atoms with Crippen LogP contribution in [0, 0.1) is 5.82 Å². The molecule has 2 rings (SSSR count). The topological polar surface area (TPSA) is 92.4 Å². The highest BCUT2D eigenvalue weighted by atomic mass is 32.2. The molecule has 1 aromatic carbocycles. The fraction of sp³-hybridized carbons (Fsp3) is 0.455. The van der Waals surface area contributed by atoms with Crippen LogP contribution in [0.3, 0.4) is 0 Å². The zero-order valence-corrected chi connectivity index (χ0v) is 10.5. The van der Waals surface area contributed by atoms with Crippen LogP contribution in [0.2, 0.25) is 0 Å². The van der Waals surface area contributed by atoms with Crippen molar-refractivity contribution in [3.05, 3.63) is 24.0 Å². The summed E-state index contributed by atoms with van der Waals surface area (Å²) in [6.07, 6.45) is 2.00. The van der Waals surface area contributed by atoms with Gasteiger partial charge in [-0.05, 0) is 31.4 Å². The fourth-order valence-electron chi connectivity index (χ4n) is 1.82. The summed E-state index contributed by atoms with van der Waals surface area (Å²) in [5, 5.41) is 9.81. The Hall–Kier alpha value is -1.18. The first-order chi connectivity index (χ1) is 8.34. The van der Waals surface area contributed by atoms with Crippen LogP contribution < -0.4 is 10.5 Å². The highest BCUT2D eigenvalue weighted by Crippen LogP contribution is 2.31. The van der Waals surface area contributed by atoms with Crippen molar-refractivity contribution >= 4 is 15.7 Å². The van der Waals surface area contributed by atoms with Gasteiger partial charge in [0.2, 0.25) is 10.0 Å². The van der Waals surface area contributed by atoms with Gasteiger partial charge in [0, 0.05) is 6.54 Å². The van der Waals surface area contributed by atoms with E-state index in [0.29, 0.717) is 12.8 Å². The Morgan fingerprint density at radius 3 is 2.67 bits per heavy atom. The first kappa shape index (κ1) is 13.3. The summed E-state index contributed by atoms with van der Waals surface area (Å²) in [6.45, 7) is -0.0781. The molecular weight excluding hydrogens is 259 g/mol. The van der Waals surface area contributed by atoms with Gasteiger partial charge in [-0.25, -0.2) is 17.5 Å². The second-order valence-electron chi connectivity index (χ2n) is 4.55. The van der Waals surface area contributed by atoms with Crippen LogP contribution in [0.15, 0.2) is 23.1 Å². The molecule has 18 heavy (non-hydrogen) atoms. The standard InChI is InChI=1S/C11H15FN2O3S/c12-8-3-1-4-9(10(8)13)18(16,17)14-7-11(15)5-2-6-11/h1,3-4,14-15H,2,5-7,13H2. The van der Waals surface area contributed by atoms with Gasteiger partial charge >= 0.3 is 0 Å². The number of benzene rings is 1. The molecular formula is C11H15FN2O3S. The third-order valence-electron chi connectivity index (χ3n) is 3.18. The van der Waals surface area contributed by atoms with Crippen LogP contribution in [-0.4, -0.2) is 25.7 Å². The summed E-state index contributed by atoms with van der Waals surface area (Å²) in [7, 11) is -3.90. The summed E-state index contributed by atoms with van der Waals surface area (Å²) in [5.74, 6) is -0.778. The summed E-state index contributed by atoms with van der Waals surface area (Å²) < 4.78 is 39.3. The van der Waals surface area contributed by atoms with Gasteiger partial charge in [-0.2, -0.15) is 0 Å². The second-order valence-corrected chi connectivity index (χ2v) is 6.29. The first-order valence-electron chi connectivity index (χ1n) is 5.60. The smallest absolute Gasteiger partial charge is 0.242 e. The lowest BCUT2D eigenvalue weighted by molar-refractivity contribution is -0.0270. The molecule has 1 aliphatic carbocycles. The number of nitrogens with one attached hydrogen (secondary N) is 1. The van der Waals surface area contributed by atoms with Crippen molar-refractivity contribution in [1.29, 1.82) is 0 Å². The lowest BCUT2D eigenvalue weighted by atomic mass is 9.81. The number of hydrogen-bond donors (Lipinski definition) is 3. The summed E-state index contributed by atoms with van der Waals surface area (Å²) in [6, 6.07) is 3.59. The number of sulfonamides is 1. The van der Waals surface area contributed by atoms with E-state index >= 15 is 0 Å². The van der Waals surface area contributed by atoms with E-state index in [2.05, 4.69) is 4.72 Å². The Morgan fingerprint density at radius 2 is 2.11 bits per heavy atom. The normalized spacial score (nSPS) is 18.3. The van der Waals surface area contributed by atoms with Crippen LogP contribution in [0.5, 0.6) is 0 Å². The van der Waals surface area contributed by atoms with Gasteiger partial charge in [0.15, 0.2) is 0 Å². The molecule has 0 heterocycles. The van der Waals surface area contributed by atoms with Crippen LogP contribution in [0.4, 0.5) is 10.1 Å². The van der Waals surface area contributed by atoms with E-state index in [1.807, 2.05) is 0 Å². The number of nitrogens with two attached hydrogens (primary N) is 1. The van der Waals surface area contributed by atoms with E-state index in [1.165, 1.54) is 12.1 Å². The van der Waals surface area contributed by atoms with Crippen molar-refractivity contribution in [2.45, 2.75) is 29.8 Å². The summed E-state index contributed by atoms with van der Waals surface area (Å²) in [4.78, 5) is -0.301. The molecule has 0 atom stereocenters. The highest BCUT2D eigenvalue weighted by molar-refractivity contribution is 7.89. The molecule has 0 amide bonds. The van der Waals surface area contributed by atoms with E-state index < -0.39 is 27.1 Å². The molecule has 4 N–H and O–H groups in total. The van der Waals surface area contributed by atoms with Crippen molar-refractivity contribution < 1.29 is 17.9 Å². The zero-order valence-electron chi connectivity index (χ0n) is 9.69. The van der Waals surface area contributed by atoms with Gasteiger partial charge in [0.05, 0.1) is 11.3 Å². The molecule has 0 saturated heterocycles. The van der Waals surface area contributed by atoms with Crippen molar-refractivity contribution in [2.24, 2.45) is 0 Å². The van der Waals surface area contributed by atoms with Gasteiger partial charge in [0.25, 0.3) is 0 Å². The first-order valence-corrected chi connectivity index (χ1v) is 7.08. The second kappa shape index (κ2) is 4.49. The lowest BCUT2D eigenvalue weighted by Gasteiger charge is -2.36. The predicted octanol–water partition coefficient (Wildman–Crippen LogP) is 0.601. The summed E-state index contributed by atoms with van der Waals surface area (Å²) >= 11 is 0. The Bertz CT molecular complexity index is 555. The molecule has 1 aromatic rings. The fourth-order valence-corrected chi connectivity index (χ4v) is 3.08. The average Bonchev–Trinajstić information content (AvgIpc) is 2.27. The molecule has 100 valence electrons. The largest absolute Gasteiger partial charge is 0.395 e. The molecule has 0 bridgehead atoms. The molecule has 0 radical (unpaired) electrons. The Balaban J connectivity index is 2.18. The molecule has 0 spiro atoms. The Morgan fingerprint density at radius 1 is 1.44 bits per heavy atom. The minimum absolute atomic E-state index is 0.0781. The highest BCUT2D eigenvalue weighted by Gasteiger charge is 2.35. The van der Waals surface area contributed by atoms with Crippen molar-refractivity contribution in [2.75, 3.05) is 12.3 Å². The van der Waals surface area contributed by atoms with Crippen LogP contribution in [-0.2, 0) is 10.0 Å². The zero-order chi connectivity index (χ0) is 13.4. The number of para-hydroxylation sites is 1. The minimum Gasteiger partial charge on any atom is -0.395 e. The number of aliphatic hydroxyl groups is 1. The van der Waals surface area contributed by atoms with Gasteiger partial charge in [-0.15, -0.1) is 0 Å². The van der Waals surface area contributed by atoms with Crippen molar-refractivity contribution in [1.82, 2.24) is 4.72 Å². The SMILES string of the molecule is Nc1c(F)cccc1S(=O)(=O)NCC1(O)CCC1. The average molecular weight is 274 g/mol. The number of hydrogen-bond acceptors (Lipinski definition) is 4. The van der Waals surface area contributed by atoms with Gasteiger partial charge in [0.1, 0.15) is 10.7 Å². The number of rotatable bonds is 4. The maximum atomic E-state index is 13.2. The minimum atomic E-state index is -3.90. The van der Waals surface area contributed by atoms with E-state index in [-0.39, 0.29) is 11.4 Å². The predicted molar refractivity (Wildman–Crippen MR) is 64.8 cm³/mol. The van der Waals surface area contributed by atoms with Gasteiger partial charge in [-0.1, -0.05) is 6.07 Å². The van der Waals surface area contributed by atoms with Crippen molar-refractivity contribution in [3.63, 3.8) is 0 Å².